The van der Waals surface area contributed by atoms with E-state index in [2.05, 4.69) is 11.8 Å². The Morgan fingerprint density at radius 3 is 2.53 bits per heavy atom. The predicted molar refractivity (Wildman–Crippen MR) is 70.0 cm³/mol. The van der Waals surface area contributed by atoms with Crippen LogP contribution in [0.15, 0.2) is 0 Å². The molecule has 0 bridgehead atoms. The highest BCUT2D eigenvalue weighted by Crippen LogP contribution is 2.30. The Morgan fingerprint density at radius 2 is 2.00 bits per heavy atom. The molecule has 0 aromatic heterocycles. The van der Waals surface area contributed by atoms with Crippen LogP contribution < -0.4 is 5.73 Å². The lowest BCUT2D eigenvalue weighted by Gasteiger charge is -2.40. The summed E-state index contributed by atoms with van der Waals surface area (Å²) >= 11 is 0. The fourth-order valence-corrected chi connectivity index (χ4v) is 2.50. The summed E-state index contributed by atoms with van der Waals surface area (Å²) in [6, 6.07) is 0. The fourth-order valence-electron chi connectivity index (χ4n) is 2.50. The van der Waals surface area contributed by atoms with Gasteiger partial charge in [-0.25, -0.2) is 0 Å². The lowest BCUT2D eigenvalue weighted by molar-refractivity contribution is -0.00249. The molecule has 0 aromatic carbocycles. The van der Waals surface area contributed by atoms with Crippen molar-refractivity contribution in [2.24, 2.45) is 11.1 Å². The van der Waals surface area contributed by atoms with Gasteiger partial charge in [-0.15, -0.1) is 0 Å². The summed E-state index contributed by atoms with van der Waals surface area (Å²) in [6.45, 7) is 7.67. The van der Waals surface area contributed by atoms with E-state index in [1.807, 2.05) is 0 Å². The largest absolute Gasteiger partial charge is 0.395 e. The van der Waals surface area contributed by atoms with Gasteiger partial charge in [0.25, 0.3) is 0 Å². The molecule has 0 atom stereocenters. The highest BCUT2D eigenvalue weighted by Gasteiger charge is 2.32. The van der Waals surface area contributed by atoms with E-state index in [-0.39, 0.29) is 12.0 Å². The van der Waals surface area contributed by atoms with Gasteiger partial charge in [0, 0.05) is 26.3 Å². The Morgan fingerprint density at radius 1 is 1.29 bits per heavy atom. The van der Waals surface area contributed by atoms with Crippen molar-refractivity contribution in [3.8, 4) is 0 Å². The zero-order valence-corrected chi connectivity index (χ0v) is 11.2. The zero-order valence-electron chi connectivity index (χ0n) is 11.2. The molecule has 0 spiro atoms. The molecule has 0 unspecified atom stereocenters. The first-order valence-corrected chi connectivity index (χ1v) is 6.87. The van der Waals surface area contributed by atoms with Crippen LogP contribution >= 0.6 is 0 Å². The first-order valence-electron chi connectivity index (χ1n) is 6.87. The molecule has 4 nitrogen and oxygen atoms in total. The van der Waals surface area contributed by atoms with Crippen LogP contribution in [0.2, 0.25) is 0 Å². The van der Waals surface area contributed by atoms with E-state index in [4.69, 9.17) is 15.6 Å². The second-order valence-electron chi connectivity index (χ2n) is 5.17. The summed E-state index contributed by atoms with van der Waals surface area (Å²) < 4.78 is 5.43. The Hall–Kier alpha value is -0.160. The van der Waals surface area contributed by atoms with Gasteiger partial charge in [-0.2, -0.15) is 0 Å². The minimum atomic E-state index is 0.209. The average molecular weight is 244 g/mol. The zero-order chi connectivity index (χ0) is 12.6. The number of hydrogen-bond donors (Lipinski definition) is 2. The quantitative estimate of drug-likeness (QED) is 0.664. The molecule has 102 valence electrons. The van der Waals surface area contributed by atoms with Crippen LogP contribution in [-0.4, -0.2) is 56.0 Å². The average Bonchev–Trinajstić information content (AvgIpc) is 2.37. The molecule has 17 heavy (non-hydrogen) atoms. The molecule has 3 N–H and O–H groups in total. The first kappa shape index (κ1) is 14.9. The van der Waals surface area contributed by atoms with E-state index >= 15 is 0 Å². The lowest BCUT2D eigenvalue weighted by Crippen LogP contribution is -2.47. The SMILES string of the molecule is CCCCN(CCO)CC1(CN)CCOCC1. The van der Waals surface area contributed by atoms with Crippen molar-refractivity contribution in [2.75, 3.05) is 46.0 Å². The van der Waals surface area contributed by atoms with E-state index < -0.39 is 0 Å². The van der Waals surface area contributed by atoms with Crippen LogP contribution in [0.5, 0.6) is 0 Å². The van der Waals surface area contributed by atoms with Gasteiger partial charge in [-0.3, -0.25) is 0 Å². The number of aliphatic hydroxyl groups is 1. The van der Waals surface area contributed by atoms with E-state index in [0.29, 0.717) is 0 Å². The minimum absolute atomic E-state index is 0.209. The molecule has 0 saturated carbocycles. The molecule has 1 fully saturated rings. The maximum atomic E-state index is 9.12. The summed E-state index contributed by atoms with van der Waals surface area (Å²) in [4.78, 5) is 2.36. The van der Waals surface area contributed by atoms with Gasteiger partial charge < -0.3 is 20.5 Å². The molecular weight excluding hydrogens is 216 g/mol. The van der Waals surface area contributed by atoms with Gasteiger partial charge in [0.05, 0.1) is 6.61 Å². The predicted octanol–water partition coefficient (Wildman–Crippen LogP) is 0.836. The molecule has 1 aliphatic heterocycles. The Balaban J connectivity index is 2.48. The van der Waals surface area contributed by atoms with Gasteiger partial charge in [-0.1, -0.05) is 13.3 Å². The topological polar surface area (TPSA) is 58.7 Å². The molecular formula is C13H28N2O2. The third-order valence-electron chi connectivity index (χ3n) is 3.79. The van der Waals surface area contributed by atoms with Crippen LogP contribution in [0, 0.1) is 5.41 Å². The highest BCUT2D eigenvalue weighted by atomic mass is 16.5. The number of rotatable bonds is 8. The number of unbranched alkanes of at least 4 members (excludes halogenated alkanes) is 1. The van der Waals surface area contributed by atoms with Crippen molar-refractivity contribution in [2.45, 2.75) is 32.6 Å². The summed E-state index contributed by atoms with van der Waals surface area (Å²) in [5.74, 6) is 0. The van der Waals surface area contributed by atoms with Crippen LogP contribution in [0.3, 0.4) is 0 Å². The van der Waals surface area contributed by atoms with Gasteiger partial charge in [0.2, 0.25) is 0 Å². The normalized spacial score (nSPS) is 19.8. The molecule has 0 aliphatic carbocycles. The van der Waals surface area contributed by atoms with Crippen LogP contribution in [0.1, 0.15) is 32.6 Å². The van der Waals surface area contributed by atoms with Crippen molar-refractivity contribution >= 4 is 0 Å². The van der Waals surface area contributed by atoms with Gasteiger partial charge in [0.15, 0.2) is 0 Å². The van der Waals surface area contributed by atoms with Crippen molar-refractivity contribution in [3.63, 3.8) is 0 Å². The van der Waals surface area contributed by atoms with E-state index in [9.17, 15) is 0 Å². The highest BCUT2D eigenvalue weighted by molar-refractivity contribution is 4.86. The molecule has 1 aliphatic rings. The van der Waals surface area contributed by atoms with E-state index in [1.165, 1.54) is 12.8 Å². The molecule has 1 rings (SSSR count). The van der Waals surface area contributed by atoms with Crippen molar-refractivity contribution in [1.29, 1.82) is 0 Å². The summed E-state index contributed by atoms with van der Waals surface area (Å²) in [6.07, 6.45) is 4.49. The number of aliphatic hydroxyl groups excluding tert-OH is 1. The standard InChI is InChI=1S/C13H28N2O2/c1-2-3-6-15(7-8-16)12-13(11-14)4-9-17-10-5-13/h16H,2-12,14H2,1H3. The maximum absolute atomic E-state index is 9.12. The van der Waals surface area contributed by atoms with E-state index in [1.54, 1.807) is 0 Å². The van der Waals surface area contributed by atoms with Crippen molar-refractivity contribution in [3.05, 3.63) is 0 Å². The third kappa shape index (κ3) is 4.92. The molecule has 4 heteroatoms. The summed E-state index contributed by atoms with van der Waals surface area (Å²) in [5, 5.41) is 9.12. The van der Waals surface area contributed by atoms with E-state index in [0.717, 1.165) is 52.2 Å². The summed E-state index contributed by atoms with van der Waals surface area (Å²) in [7, 11) is 0. The summed E-state index contributed by atoms with van der Waals surface area (Å²) in [5.41, 5.74) is 6.18. The molecule has 0 aromatic rings. The van der Waals surface area contributed by atoms with Gasteiger partial charge >= 0.3 is 0 Å². The van der Waals surface area contributed by atoms with Crippen LogP contribution in [0.25, 0.3) is 0 Å². The maximum Gasteiger partial charge on any atom is 0.0558 e. The second kappa shape index (κ2) is 8.03. The fraction of sp³-hybridized carbons (Fsp3) is 1.00. The Bertz CT molecular complexity index is 194. The second-order valence-corrected chi connectivity index (χ2v) is 5.17. The van der Waals surface area contributed by atoms with Crippen molar-refractivity contribution < 1.29 is 9.84 Å². The van der Waals surface area contributed by atoms with Crippen LogP contribution in [0.4, 0.5) is 0 Å². The van der Waals surface area contributed by atoms with Crippen LogP contribution in [-0.2, 0) is 4.74 Å². The third-order valence-corrected chi connectivity index (χ3v) is 3.79. The molecule has 1 heterocycles. The number of ether oxygens (including phenoxy) is 1. The number of hydrogen-bond acceptors (Lipinski definition) is 4. The molecule has 0 radical (unpaired) electrons. The molecule has 1 saturated heterocycles. The smallest absolute Gasteiger partial charge is 0.0558 e. The lowest BCUT2D eigenvalue weighted by atomic mass is 9.79. The number of nitrogens with two attached hydrogens (primary N) is 1. The van der Waals surface area contributed by atoms with Gasteiger partial charge in [-0.05, 0) is 37.8 Å². The molecule has 0 amide bonds. The van der Waals surface area contributed by atoms with Gasteiger partial charge in [0.1, 0.15) is 0 Å². The number of nitrogens with zero attached hydrogens (tertiary/aromatic N) is 1. The monoisotopic (exact) mass is 244 g/mol. The minimum Gasteiger partial charge on any atom is -0.395 e. The first-order chi connectivity index (χ1) is 8.26. The van der Waals surface area contributed by atoms with Crippen molar-refractivity contribution in [1.82, 2.24) is 4.90 Å². The Kier molecular flexibility index (Phi) is 7.04. The Labute approximate surface area is 105 Å².